The van der Waals surface area contributed by atoms with Crippen LogP contribution in [-0.2, 0) is 16.0 Å². The fourth-order valence-electron chi connectivity index (χ4n) is 6.08. The number of rotatable bonds is 5. The van der Waals surface area contributed by atoms with E-state index >= 15 is 0 Å². The highest BCUT2D eigenvalue weighted by atomic mass is 16.5. The number of nitrogens with zero attached hydrogens (tertiary/aromatic N) is 1. The van der Waals surface area contributed by atoms with Crippen molar-refractivity contribution >= 4 is 17.4 Å². The molecule has 7 rings (SSSR count). The average molecular weight is 481 g/mol. The highest BCUT2D eigenvalue weighted by Crippen LogP contribution is 2.55. The molecule has 4 aliphatic rings. The topological polar surface area (TPSA) is 101 Å². The van der Waals surface area contributed by atoms with Crippen molar-refractivity contribution in [2.24, 2.45) is 5.73 Å². The second kappa shape index (κ2) is 8.18. The van der Waals surface area contributed by atoms with Crippen LogP contribution in [0.1, 0.15) is 68.8 Å². The fraction of sp³-hybridized carbons (Fsp3) is 0.310. The summed E-state index contributed by atoms with van der Waals surface area (Å²) in [6, 6.07) is 20.0. The van der Waals surface area contributed by atoms with Gasteiger partial charge in [0, 0.05) is 36.4 Å². The third-order valence-corrected chi connectivity index (χ3v) is 7.95. The first-order chi connectivity index (χ1) is 17.5. The van der Waals surface area contributed by atoms with E-state index < -0.39 is 0 Å². The summed E-state index contributed by atoms with van der Waals surface area (Å²) in [5.41, 5.74) is 13.7. The lowest BCUT2D eigenvalue weighted by Crippen LogP contribution is -2.42. The van der Waals surface area contributed by atoms with Gasteiger partial charge in [0.05, 0.1) is 12.2 Å². The van der Waals surface area contributed by atoms with Gasteiger partial charge in [0.15, 0.2) is 0 Å². The zero-order valence-corrected chi connectivity index (χ0v) is 19.9. The molecule has 3 aromatic rings. The van der Waals surface area contributed by atoms with E-state index in [-0.39, 0.29) is 24.0 Å². The first kappa shape index (κ1) is 21.6. The number of fused-ring (bicyclic) bond motifs is 10. The molecule has 4 aliphatic heterocycles. The third-order valence-electron chi connectivity index (χ3n) is 7.95. The molecule has 4 atom stereocenters. The van der Waals surface area contributed by atoms with E-state index in [2.05, 4.69) is 28.4 Å². The molecule has 4 N–H and O–H groups in total. The van der Waals surface area contributed by atoms with E-state index in [1.165, 1.54) is 16.8 Å². The first-order valence-electron chi connectivity index (χ1n) is 12.6. The smallest absolute Gasteiger partial charge is 0.251 e. The summed E-state index contributed by atoms with van der Waals surface area (Å²) in [7, 11) is 0. The van der Waals surface area contributed by atoms with E-state index in [0.717, 1.165) is 42.6 Å². The largest absolute Gasteiger partial charge is 0.384 e. The van der Waals surface area contributed by atoms with Crippen molar-refractivity contribution in [3.63, 3.8) is 0 Å². The molecule has 7 nitrogen and oxygen atoms in total. The van der Waals surface area contributed by atoms with Crippen molar-refractivity contribution in [3.05, 3.63) is 99.6 Å². The summed E-state index contributed by atoms with van der Waals surface area (Å²) in [4.78, 5) is 15.4. The monoisotopic (exact) mass is 480 g/mol. The highest BCUT2D eigenvalue weighted by Gasteiger charge is 2.43. The minimum absolute atomic E-state index is 0.0333. The van der Waals surface area contributed by atoms with Gasteiger partial charge in [0.1, 0.15) is 18.0 Å². The van der Waals surface area contributed by atoms with Crippen LogP contribution in [0.25, 0.3) is 0 Å². The Hall–Kier alpha value is -3.68. The molecule has 7 heteroatoms. The van der Waals surface area contributed by atoms with Gasteiger partial charge in [-0.1, -0.05) is 36.4 Å². The van der Waals surface area contributed by atoms with Gasteiger partial charge in [0.25, 0.3) is 5.91 Å². The van der Waals surface area contributed by atoms with Crippen molar-refractivity contribution < 1.29 is 14.3 Å². The number of benzene rings is 3. The van der Waals surface area contributed by atoms with Crippen LogP contribution in [0.5, 0.6) is 0 Å². The van der Waals surface area contributed by atoms with Gasteiger partial charge in [-0.25, -0.2) is 0 Å². The van der Waals surface area contributed by atoms with Crippen LogP contribution in [0.3, 0.4) is 0 Å². The predicted octanol–water partition coefficient (Wildman–Crippen LogP) is 3.79. The molecule has 0 saturated carbocycles. The predicted molar refractivity (Wildman–Crippen MR) is 136 cm³/mol. The van der Waals surface area contributed by atoms with Crippen LogP contribution < -0.4 is 16.0 Å². The van der Waals surface area contributed by atoms with Gasteiger partial charge in [-0.15, -0.1) is 0 Å². The van der Waals surface area contributed by atoms with Crippen molar-refractivity contribution in [1.82, 2.24) is 5.32 Å². The zero-order valence-electron chi connectivity index (χ0n) is 19.9. The standard InChI is InChI=1S/C29H28N4O3/c30-28(31)17-3-1-16(2-4-17)13-32-29(34)18-5-9-22-24(11-18)27-25-12-19(6-10-23(25)26(22)36-27)33-14-20-7-8-21(15-33)35-20/h1-6,9-12,20-21,26-27H,7-8,13-15H2,(H3,30,31)(H,32,34). The summed E-state index contributed by atoms with van der Waals surface area (Å²) < 4.78 is 12.4. The number of amidine groups is 1. The number of ether oxygens (including phenoxy) is 2. The van der Waals surface area contributed by atoms with Crippen LogP contribution >= 0.6 is 0 Å². The second-order valence-corrected chi connectivity index (χ2v) is 10.2. The normalized spacial score (nSPS) is 24.9. The van der Waals surface area contributed by atoms with Gasteiger partial charge in [0.2, 0.25) is 0 Å². The Morgan fingerprint density at radius 2 is 1.50 bits per heavy atom. The van der Waals surface area contributed by atoms with Gasteiger partial charge in [-0.05, 0) is 64.9 Å². The number of nitrogens with two attached hydrogens (primary N) is 1. The average Bonchev–Trinajstić information content (AvgIpc) is 3.58. The summed E-state index contributed by atoms with van der Waals surface area (Å²) in [6.07, 6.45) is 2.80. The quantitative estimate of drug-likeness (QED) is 0.381. The number of nitrogens with one attached hydrogen (secondary N) is 2. The molecule has 0 spiro atoms. The number of hydrogen-bond acceptors (Lipinski definition) is 5. The van der Waals surface area contributed by atoms with E-state index in [9.17, 15) is 4.79 Å². The summed E-state index contributed by atoms with van der Waals surface area (Å²) in [5.74, 6) is -0.0834. The fourth-order valence-corrected chi connectivity index (χ4v) is 6.08. The van der Waals surface area contributed by atoms with E-state index in [1.807, 2.05) is 30.3 Å². The molecule has 1 amide bonds. The molecular weight excluding hydrogens is 452 g/mol. The Morgan fingerprint density at radius 3 is 2.22 bits per heavy atom. The van der Waals surface area contributed by atoms with Gasteiger partial charge in [-0.2, -0.15) is 0 Å². The van der Waals surface area contributed by atoms with Crippen LogP contribution in [0.15, 0.2) is 60.7 Å². The number of morpholine rings is 1. The Labute approximate surface area is 209 Å². The Morgan fingerprint density at radius 1 is 0.861 bits per heavy atom. The number of hydrogen-bond donors (Lipinski definition) is 3. The molecule has 0 radical (unpaired) electrons. The number of carbonyl (C=O) groups is 1. The SMILES string of the molecule is N=C(N)c1ccc(CNC(=O)c2ccc3c(c2)C2OC3c3ccc(N4CC5CCC(C4)O5)cc32)cc1. The zero-order chi connectivity index (χ0) is 24.4. The number of anilines is 1. The van der Waals surface area contributed by atoms with Gasteiger partial charge < -0.3 is 25.4 Å². The van der Waals surface area contributed by atoms with Crippen LogP contribution in [-0.4, -0.2) is 37.0 Å². The Bertz CT molecular complexity index is 1370. The van der Waals surface area contributed by atoms with Crippen molar-refractivity contribution in [1.29, 1.82) is 5.41 Å². The van der Waals surface area contributed by atoms with E-state index in [4.69, 9.17) is 20.6 Å². The number of carbonyl (C=O) groups excluding carboxylic acids is 1. The lowest BCUT2D eigenvalue weighted by Gasteiger charge is -2.34. The number of amides is 1. The first-order valence-corrected chi connectivity index (χ1v) is 12.6. The molecule has 36 heavy (non-hydrogen) atoms. The minimum atomic E-state index is -0.135. The molecule has 0 aromatic heterocycles. The lowest BCUT2D eigenvalue weighted by atomic mass is 9.85. The number of nitrogen functional groups attached to an aromatic ring is 1. The summed E-state index contributed by atoms with van der Waals surface area (Å²) >= 11 is 0. The lowest BCUT2D eigenvalue weighted by molar-refractivity contribution is 0.0305. The molecule has 3 aromatic carbocycles. The van der Waals surface area contributed by atoms with Gasteiger partial charge >= 0.3 is 0 Å². The van der Waals surface area contributed by atoms with Crippen molar-refractivity contribution in [3.8, 4) is 0 Å². The minimum Gasteiger partial charge on any atom is -0.384 e. The third kappa shape index (κ3) is 3.50. The van der Waals surface area contributed by atoms with E-state index in [0.29, 0.717) is 29.9 Å². The van der Waals surface area contributed by atoms with Crippen LogP contribution in [0, 0.1) is 5.41 Å². The maximum atomic E-state index is 12.9. The molecule has 4 unspecified atom stereocenters. The summed E-state index contributed by atoms with van der Waals surface area (Å²) in [6.45, 7) is 2.30. The maximum Gasteiger partial charge on any atom is 0.251 e. The summed E-state index contributed by atoms with van der Waals surface area (Å²) in [5, 5.41) is 10.5. The molecule has 2 saturated heterocycles. The molecule has 2 fully saturated rings. The molecule has 182 valence electrons. The molecular formula is C29H28N4O3. The molecule has 4 heterocycles. The van der Waals surface area contributed by atoms with E-state index in [1.54, 1.807) is 12.1 Å². The second-order valence-electron chi connectivity index (χ2n) is 10.2. The van der Waals surface area contributed by atoms with Gasteiger partial charge in [-0.3, -0.25) is 10.2 Å². The van der Waals surface area contributed by atoms with Crippen molar-refractivity contribution in [2.45, 2.75) is 43.8 Å². The van der Waals surface area contributed by atoms with Crippen LogP contribution in [0.2, 0.25) is 0 Å². The Kier molecular flexibility index (Phi) is 4.91. The maximum absolute atomic E-state index is 12.9. The molecule has 0 aliphatic carbocycles. The van der Waals surface area contributed by atoms with Crippen LogP contribution in [0.4, 0.5) is 5.69 Å². The highest BCUT2D eigenvalue weighted by molar-refractivity contribution is 5.95. The Balaban J connectivity index is 1.09. The molecule has 4 bridgehead atoms. The van der Waals surface area contributed by atoms with Crippen molar-refractivity contribution in [2.75, 3.05) is 18.0 Å².